The van der Waals surface area contributed by atoms with Crippen molar-refractivity contribution in [2.45, 2.75) is 18.2 Å². The second-order valence-electron chi connectivity index (χ2n) is 6.05. The minimum absolute atomic E-state index is 0.0401. The van der Waals surface area contributed by atoms with E-state index in [9.17, 15) is 18.0 Å². The van der Waals surface area contributed by atoms with Gasteiger partial charge in [-0.15, -0.1) is 0 Å². The molecule has 0 aliphatic heterocycles. The molecule has 7 nitrogen and oxygen atoms in total. The molecule has 2 aromatic carbocycles. The maximum Gasteiger partial charge on any atom is 0.341 e. The maximum absolute atomic E-state index is 11.9. The number of primary sulfonamides is 1. The van der Waals surface area contributed by atoms with Gasteiger partial charge in [-0.25, -0.2) is 18.4 Å². The molecule has 0 bridgehead atoms. The first-order valence-electron chi connectivity index (χ1n) is 8.00. The van der Waals surface area contributed by atoms with Crippen molar-refractivity contribution in [1.29, 1.82) is 0 Å². The fraction of sp³-hybridized carbons (Fsp3) is 0.222. The smallest absolute Gasteiger partial charge is 0.341 e. The average molecular weight is 446 g/mol. The van der Waals surface area contributed by atoms with Crippen molar-refractivity contribution >= 4 is 45.0 Å². The van der Waals surface area contributed by atoms with Crippen LogP contribution in [0, 0.1) is 5.92 Å². The van der Waals surface area contributed by atoms with Crippen molar-refractivity contribution in [2.75, 3.05) is 6.61 Å². The fourth-order valence-electron chi connectivity index (χ4n) is 2.60. The molecule has 10 heteroatoms. The zero-order chi connectivity index (χ0) is 21.1. The van der Waals surface area contributed by atoms with Crippen LogP contribution in [0.1, 0.15) is 22.8 Å². The summed E-state index contributed by atoms with van der Waals surface area (Å²) in [4.78, 5) is 22.5. The average Bonchev–Trinajstić information content (AvgIpc) is 2.91. The molecule has 0 saturated carbocycles. The molecule has 1 unspecified atom stereocenters. The SMILES string of the molecule is CC1Cc2cc(OCC(=O)O)c(Cl)c(Cl)c2C1=O.NS(=O)(=O)c1ccccc1. The van der Waals surface area contributed by atoms with E-state index in [2.05, 4.69) is 0 Å². The quantitative estimate of drug-likeness (QED) is 0.744. The van der Waals surface area contributed by atoms with Gasteiger partial charge >= 0.3 is 5.97 Å². The number of fused-ring (bicyclic) bond motifs is 1. The number of sulfonamides is 1. The molecule has 0 heterocycles. The van der Waals surface area contributed by atoms with E-state index in [-0.39, 0.29) is 32.4 Å². The molecule has 0 fully saturated rings. The molecule has 1 atom stereocenters. The first-order valence-corrected chi connectivity index (χ1v) is 10.3. The van der Waals surface area contributed by atoms with E-state index in [4.69, 9.17) is 38.2 Å². The van der Waals surface area contributed by atoms with Crippen LogP contribution in [0.5, 0.6) is 5.75 Å². The number of carboxylic acid groups (broad SMARTS) is 1. The van der Waals surface area contributed by atoms with Gasteiger partial charge in [-0.2, -0.15) is 0 Å². The highest BCUT2D eigenvalue weighted by molar-refractivity contribution is 7.89. The number of aliphatic carboxylic acids is 1. The maximum atomic E-state index is 11.9. The molecule has 0 amide bonds. The molecule has 1 aliphatic carbocycles. The van der Waals surface area contributed by atoms with Crippen LogP contribution in [0.4, 0.5) is 0 Å². The van der Waals surface area contributed by atoms with Gasteiger partial charge in [0.15, 0.2) is 12.4 Å². The Kier molecular flexibility index (Phi) is 7.06. The van der Waals surface area contributed by atoms with E-state index < -0.39 is 22.6 Å². The summed E-state index contributed by atoms with van der Waals surface area (Å²) in [6, 6.07) is 9.48. The summed E-state index contributed by atoms with van der Waals surface area (Å²) in [6.07, 6.45) is 0.564. The summed E-state index contributed by atoms with van der Waals surface area (Å²) in [6.45, 7) is 1.31. The number of carboxylic acids is 1. The van der Waals surface area contributed by atoms with Crippen LogP contribution in [0.15, 0.2) is 41.3 Å². The van der Waals surface area contributed by atoms with Gasteiger partial charge in [0.25, 0.3) is 0 Å². The van der Waals surface area contributed by atoms with Crippen LogP contribution in [0.25, 0.3) is 0 Å². The van der Waals surface area contributed by atoms with Crippen LogP contribution in [-0.2, 0) is 21.2 Å². The minimum atomic E-state index is -3.50. The lowest BCUT2D eigenvalue weighted by atomic mass is 10.1. The van der Waals surface area contributed by atoms with Gasteiger partial charge < -0.3 is 9.84 Å². The third kappa shape index (κ3) is 5.23. The van der Waals surface area contributed by atoms with Crippen molar-refractivity contribution in [1.82, 2.24) is 0 Å². The molecule has 1 aliphatic rings. The first-order chi connectivity index (χ1) is 13.0. The summed E-state index contributed by atoms with van der Waals surface area (Å²) in [5.41, 5.74) is 1.18. The molecule has 150 valence electrons. The zero-order valence-electron chi connectivity index (χ0n) is 14.7. The van der Waals surface area contributed by atoms with Crippen molar-refractivity contribution in [2.24, 2.45) is 11.1 Å². The highest BCUT2D eigenvalue weighted by Gasteiger charge is 2.32. The number of hydrogen-bond acceptors (Lipinski definition) is 5. The van der Waals surface area contributed by atoms with Gasteiger partial charge in [0, 0.05) is 11.5 Å². The van der Waals surface area contributed by atoms with Gasteiger partial charge in [-0.1, -0.05) is 48.3 Å². The van der Waals surface area contributed by atoms with E-state index in [0.29, 0.717) is 12.0 Å². The van der Waals surface area contributed by atoms with Crippen LogP contribution < -0.4 is 9.88 Å². The lowest BCUT2D eigenvalue weighted by molar-refractivity contribution is -0.139. The second-order valence-corrected chi connectivity index (χ2v) is 8.36. The second kappa shape index (κ2) is 8.91. The summed E-state index contributed by atoms with van der Waals surface area (Å²) in [7, 11) is -3.50. The Morgan fingerprint density at radius 1 is 1.25 bits per heavy atom. The number of halogens is 2. The number of ether oxygens (including phenoxy) is 1. The van der Waals surface area contributed by atoms with Crippen molar-refractivity contribution in [3.05, 3.63) is 57.6 Å². The molecular weight excluding hydrogens is 429 g/mol. The van der Waals surface area contributed by atoms with Gasteiger partial charge in [0.05, 0.1) is 9.92 Å². The highest BCUT2D eigenvalue weighted by Crippen LogP contribution is 2.42. The van der Waals surface area contributed by atoms with Gasteiger partial charge in [0.1, 0.15) is 10.8 Å². The Morgan fingerprint density at radius 2 is 1.86 bits per heavy atom. The summed E-state index contributed by atoms with van der Waals surface area (Å²) in [5.74, 6) is -1.08. The molecule has 0 spiro atoms. The molecule has 28 heavy (non-hydrogen) atoms. The van der Waals surface area contributed by atoms with Crippen molar-refractivity contribution in [3.63, 3.8) is 0 Å². The van der Waals surface area contributed by atoms with E-state index in [0.717, 1.165) is 5.56 Å². The normalized spacial score (nSPS) is 15.4. The number of carbonyl (C=O) groups excluding carboxylic acids is 1. The summed E-state index contributed by atoms with van der Waals surface area (Å²) >= 11 is 12.0. The molecule has 3 rings (SSSR count). The van der Waals surface area contributed by atoms with Gasteiger partial charge in [-0.3, -0.25) is 4.79 Å². The lowest BCUT2D eigenvalue weighted by Gasteiger charge is -2.10. The number of carbonyl (C=O) groups is 2. The van der Waals surface area contributed by atoms with Crippen molar-refractivity contribution < 1.29 is 27.9 Å². The fourth-order valence-corrected chi connectivity index (χ4v) is 3.65. The predicted molar refractivity (Wildman–Crippen MR) is 105 cm³/mol. The highest BCUT2D eigenvalue weighted by atomic mass is 35.5. The lowest BCUT2D eigenvalue weighted by Crippen LogP contribution is -2.11. The zero-order valence-corrected chi connectivity index (χ0v) is 17.0. The Labute approximate surface area is 172 Å². The number of ketones is 1. The first kappa shape index (κ1) is 22.2. The van der Waals surface area contributed by atoms with Crippen LogP contribution in [0.2, 0.25) is 10.0 Å². The topological polar surface area (TPSA) is 124 Å². The largest absolute Gasteiger partial charge is 0.480 e. The van der Waals surface area contributed by atoms with E-state index >= 15 is 0 Å². The minimum Gasteiger partial charge on any atom is -0.480 e. The monoisotopic (exact) mass is 445 g/mol. The Balaban J connectivity index is 0.000000237. The number of rotatable bonds is 4. The molecular formula is C18H17Cl2NO6S. The predicted octanol–water partition coefficient (Wildman–Crippen LogP) is 3.17. The van der Waals surface area contributed by atoms with Crippen LogP contribution >= 0.6 is 23.2 Å². The Bertz CT molecular complexity index is 1010. The summed E-state index contributed by atoms with van der Waals surface area (Å²) < 4.78 is 26.3. The third-order valence-corrected chi connectivity index (χ3v) is 5.68. The Morgan fingerprint density at radius 3 is 2.36 bits per heavy atom. The van der Waals surface area contributed by atoms with Gasteiger partial charge in [-0.05, 0) is 30.2 Å². The molecule has 2 aromatic rings. The number of Topliss-reactive ketones (excluding diaryl/α,β-unsaturated/α-hetero) is 1. The Hall–Kier alpha value is -2.13. The number of hydrogen-bond donors (Lipinski definition) is 2. The van der Waals surface area contributed by atoms with E-state index in [1.807, 2.05) is 6.92 Å². The van der Waals surface area contributed by atoms with Gasteiger partial charge in [0.2, 0.25) is 10.0 Å². The number of nitrogens with two attached hydrogens (primary N) is 1. The third-order valence-electron chi connectivity index (χ3n) is 3.90. The molecule has 3 N–H and O–H groups in total. The van der Waals surface area contributed by atoms with E-state index in [1.54, 1.807) is 24.3 Å². The van der Waals surface area contributed by atoms with Crippen molar-refractivity contribution in [3.8, 4) is 5.75 Å². The van der Waals surface area contributed by atoms with E-state index in [1.165, 1.54) is 12.1 Å². The summed E-state index contributed by atoms with van der Waals surface area (Å²) in [5, 5.41) is 13.6. The van der Waals surface area contributed by atoms with Crippen LogP contribution in [-0.4, -0.2) is 31.9 Å². The number of benzene rings is 2. The molecule has 0 aromatic heterocycles. The van der Waals surface area contributed by atoms with Crippen LogP contribution in [0.3, 0.4) is 0 Å². The molecule has 0 radical (unpaired) electrons. The molecule has 0 saturated heterocycles. The standard InChI is InChI=1S/C12H10Cl2O4.C6H7NO2S/c1-5-2-6-3-7(18-4-8(15)16)10(13)11(14)9(6)12(5)17;7-10(8,9)6-4-2-1-3-5-6/h3,5H,2,4H2,1H3,(H,15,16);1-5H,(H2,7,8,9).